The molecule has 1 aromatic heterocycles. The van der Waals surface area contributed by atoms with Gasteiger partial charge in [-0.3, -0.25) is 0 Å². The topological polar surface area (TPSA) is 112 Å². The summed E-state index contributed by atoms with van der Waals surface area (Å²) in [5, 5.41) is 23.3. The molecule has 2 heterocycles. The second kappa shape index (κ2) is 8.37. The highest BCUT2D eigenvalue weighted by Gasteiger charge is 2.40. The van der Waals surface area contributed by atoms with Gasteiger partial charge in [-0.15, -0.1) is 0 Å². The highest BCUT2D eigenvalue weighted by atomic mass is 35.5. The fourth-order valence-corrected chi connectivity index (χ4v) is 4.02. The van der Waals surface area contributed by atoms with Gasteiger partial charge in [0.15, 0.2) is 5.72 Å². The smallest absolute Gasteiger partial charge is 0.349 e. The summed E-state index contributed by atoms with van der Waals surface area (Å²) in [6.07, 6.45) is -0.422. The van der Waals surface area contributed by atoms with Crippen LogP contribution in [0.4, 0.5) is 0 Å². The summed E-state index contributed by atoms with van der Waals surface area (Å²) in [6.45, 7) is 5.75. The van der Waals surface area contributed by atoms with Gasteiger partial charge in [-0.1, -0.05) is 35.9 Å². The molecule has 4 rings (SSSR count). The molecule has 1 saturated heterocycles. The number of benzene rings is 2. The summed E-state index contributed by atoms with van der Waals surface area (Å²) in [5.41, 5.74) is 10.7. The van der Waals surface area contributed by atoms with Crippen molar-refractivity contribution in [1.82, 2.24) is 20.6 Å². The van der Waals surface area contributed by atoms with Crippen molar-refractivity contribution in [3.05, 3.63) is 81.1 Å². The predicted octanol–water partition coefficient (Wildman–Crippen LogP) is 3.31. The molecule has 164 valence electrons. The molecule has 2 atom stereocenters. The summed E-state index contributed by atoms with van der Waals surface area (Å²) in [7, 11) is 0. The van der Waals surface area contributed by atoms with Crippen LogP contribution in [0.25, 0.3) is 5.69 Å². The molecule has 0 amide bonds. The van der Waals surface area contributed by atoms with Gasteiger partial charge in [-0.25, -0.2) is 20.3 Å². The lowest BCUT2D eigenvalue weighted by molar-refractivity contribution is -0.155. The van der Waals surface area contributed by atoms with Gasteiger partial charge < -0.3 is 9.84 Å². The number of rotatable bonds is 5. The summed E-state index contributed by atoms with van der Waals surface area (Å²) in [6, 6.07) is 15.2. The molecule has 9 heteroatoms. The number of carboxylic acids is 1. The predicted molar refractivity (Wildman–Crippen MR) is 118 cm³/mol. The summed E-state index contributed by atoms with van der Waals surface area (Å²) >= 11 is 6.20. The first-order valence-corrected chi connectivity index (χ1v) is 10.4. The van der Waals surface area contributed by atoms with Crippen molar-refractivity contribution in [3.8, 4) is 11.8 Å². The molecule has 0 bridgehead atoms. The van der Waals surface area contributed by atoms with Crippen molar-refractivity contribution in [3.63, 3.8) is 0 Å². The average Bonchev–Trinajstić information content (AvgIpc) is 3.30. The van der Waals surface area contributed by atoms with Crippen molar-refractivity contribution < 1.29 is 14.6 Å². The van der Waals surface area contributed by atoms with Crippen molar-refractivity contribution in [2.75, 3.05) is 0 Å². The first-order chi connectivity index (χ1) is 15.2. The summed E-state index contributed by atoms with van der Waals surface area (Å²) < 4.78 is 7.44. The van der Waals surface area contributed by atoms with Crippen LogP contribution in [-0.2, 0) is 21.7 Å². The van der Waals surface area contributed by atoms with E-state index < -0.39 is 17.9 Å². The van der Waals surface area contributed by atoms with E-state index in [2.05, 4.69) is 22.0 Å². The van der Waals surface area contributed by atoms with Gasteiger partial charge in [-0.2, -0.15) is 10.4 Å². The van der Waals surface area contributed by atoms with E-state index in [9.17, 15) is 4.79 Å². The van der Waals surface area contributed by atoms with Crippen LogP contribution >= 0.6 is 11.6 Å². The molecule has 0 radical (unpaired) electrons. The maximum atomic E-state index is 11.1. The number of aryl methyl sites for hydroxylation is 1. The largest absolute Gasteiger partial charge is 0.478 e. The van der Waals surface area contributed by atoms with Crippen molar-refractivity contribution in [1.29, 1.82) is 5.26 Å². The first kappa shape index (κ1) is 22.0. The number of carbonyl (C=O) groups is 1. The quantitative estimate of drug-likeness (QED) is 0.545. The van der Waals surface area contributed by atoms with Crippen molar-refractivity contribution in [2.45, 2.75) is 39.1 Å². The average molecular weight is 452 g/mol. The minimum atomic E-state index is -1.11. The molecule has 1 fully saturated rings. The Morgan fingerprint density at radius 3 is 2.62 bits per heavy atom. The molecule has 0 aliphatic carbocycles. The number of aliphatic carboxylic acids is 1. The first-order valence-electron chi connectivity index (χ1n) is 9.99. The van der Waals surface area contributed by atoms with Gasteiger partial charge in [0.2, 0.25) is 6.23 Å². The molecule has 2 unspecified atom stereocenters. The molecule has 32 heavy (non-hydrogen) atoms. The Bertz CT molecular complexity index is 1230. The van der Waals surface area contributed by atoms with E-state index in [1.165, 1.54) is 0 Å². The van der Waals surface area contributed by atoms with Crippen LogP contribution in [0.3, 0.4) is 0 Å². The highest BCUT2D eigenvalue weighted by molar-refractivity contribution is 6.31. The van der Waals surface area contributed by atoms with Crippen LogP contribution in [0.5, 0.6) is 0 Å². The third kappa shape index (κ3) is 3.99. The zero-order valence-corrected chi connectivity index (χ0v) is 18.6. The zero-order chi connectivity index (χ0) is 23.0. The number of carboxylic acid groups (broad SMARTS) is 1. The van der Waals surface area contributed by atoms with E-state index in [-0.39, 0.29) is 0 Å². The lowest BCUT2D eigenvalue weighted by Gasteiger charge is -2.23. The lowest BCUT2D eigenvalue weighted by Crippen LogP contribution is -2.40. The molecule has 8 nitrogen and oxygen atoms in total. The fraction of sp³-hybridized carbons (Fsp3) is 0.261. The van der Waals surface area contributed by atoms with E-state index in [1.54, 1.807) is 19.1 Å². The normalized spacial score (nSPS) is 20.3. The highest BCUT2D eigenvalue weighted by Crippen LogP contribution is 2.28. The molecular formula is C23H22ClN5O3. The van der Waals surface area contributed by atoms with Crippen LogP contribution in [0, 0.1) is 25.2 Å². The van der Waals surface area contributed by atoms with E-state index in [4.69, 9.17) is 26.7 Å². The third-order valence-corrected chi connectivity index (χ3v) is 5.98. The standard InChI is InChI=1S/C23H22ClN5O3/c1-13-19(14(2)29(27-13)18-9-6-16(12-25)20(24)11-18)10-15-4-7-17(8-5-15)23(3)28-26-21(32-23)22(30)31/h4-9,11,21,26,28H,10H2,1-3H3,(H,30,31). The Hall–Kier alpha value is -3.22. The molecule has 0 saturated carbocycles. The number of hydrogen-bond acceptors (Lipinski definition) is 6. The van der Waals surface area contributed by atoms with E-state index in [0.717, 1.165) is 33.8 Å². The van der Waals surface area contributed by atoms with Gasteiger partial charge in [0.25, 0.3) is 0 Å². The Morgan fingerprint density at radius 1 is 1.31 bits per heavy atom. The molecule has 3 aromatic rings. The Balaban J connectivity index is 1.56. The van der Waals surface area contributed by atoms with Gasteiger partial charge in [0, 0.05) is 17.7 Å². The molecule has 2 aromatic carbocycles. The molecule has 0 spiro atoms. The van der Waals surface area contributed by atoms with E-state index in [1.807, 2.05) is 48.9 Å². The molecule has 1 aliphatic heterocycles. The Kier molecular flexibility index (Phi) is 5.75. The Labute approximate surface area is 190 Å². The number of halogens is 1. The zero-order valence-electron chi connectivity index (χ0n) is 17.8. The minimum Gasteiger partial charge on any atom is -0.478 e. The molecular weight excluding hydrogens is 430 g/mol. The minimum absolute atomic E-state index is 0.394. The van der Waals surface area contributed by atoms with Crippen LogP contribution < -0.4 is 10.9 Å². The van der Waals surface area contributed by atoms with Crippen molar-refractivity contribution >= 4 is 17.6 Å². The summed E-state index contributed by atoms with van der Waals surface area (Å²) in [4.78, 5) is 11.1. The van der Waals surface area contributed by atoms with Gasteiger partial charge in [-0.05, 0) is 50.1 Å². The third-order valence-electron chi connectivity index (χ3n) is 5.66. The van der Waals surface area contributed by atoms with Gasteiger partial charge in [0.05, 0.1) is 22.0 Å². The SMILES string of the molecule is Cc1nn(-c2ccc(C#N)c(Cl)c2)c(C)c1Cc1ccc(C2(C)NNC(C(=O)O)O2)cc1. The lowest BCUT2D eigenvalue weighted by atomic mass is 9.99. The van der Waals surface area contributed by atoms with Crippen LogP contribution in [0.15, 0.2) is 42.5 Å². The fourth-order valence-electron chi connectivity index (χ4n) is 3.80. The van der Waals surface area contributed by atoms with E-state index in [0.29, 0.717) is 17.0 Å². The summed E-state index contributed by atoms with van der Waals surface area (Å²) in [5.74, 6) is -1.08. The van der Waals surface area contributed by atoms with E-state index >= 15 is 0 Å². The van der Waals surface area contributed by atoms with Crippen molar-refractivity contribution in [2.24, 2.45) is 0 Å². The second-order valence-electron chi connectivity index (χ2n) is 7.85. The number of nitrogens with zero attached hydrogens (tertiary/aromatic N) is 3. The van der Waals surface area contributed by atoms with Crippen LogP contribution in [0.1, 0.15) is 40.6 Å². The van der Waals surface area contributed by atoms with Gasteiger partial charge in [0.1, 0.15) is 6.07 Å². The maximum absolute atomic E-state index is 11.1. The van der Waals surface area contributed by atoms with Crippen LogP contribution in [-0.4, -0.2) is 27.1 Å². The molecule has 1 aliphatic rings. The number of nitriles is 1. The molecule has 3 N–H and O–H groups in total. The number of hydrogen-bond donors (Lipinski definition) is 3. The number of nitrogens with one attached hydrogen (secondary N) is 2. The monoisotopic (exact) mass is 451 g/mol. The number of ether oxygens (including phenoxy) is 1. The van der Waals surface area contributed by atoms with Gasteiger partial charge >= 0.3 is 5.97 Å². The number of aromatic nitrogens is 2. The maximum Gasteiger partial charge on any atom is 0.349 e. The Morgan fingerprint density at radius 2 is 2.03 bits per heavy atom. The van der Waals surface area contributed by atoms with Crippen LogP contribution in [0.2, 0.25) is 5.02 Å². The number of hydrazine groups is 1. The second-order valence-corrected chi connectivity index (χ2v) is 8.26.